The summed E-state index contributed by atoms with van der Waals surface area (Å²) < 4.78 is 0. The van der Waals surface area contributed by atoms with Crippen LogP contribution in [0.1, 0.15) is 31.2 Å². The van der Waals surface area contributed by atoms with Gasteiger partial charge in [0.2, 0.25) is 0 Å². The Morgan fingerprint density at radius 1 is 1.20 bits per heavy atom. The van der Waals surface area contributed by atoms with Crippen molar-refractivity contribution in [1.82, 2.24) is 15.3 Å². The van der Waals surface area contributed by atoms with Gasteiger partial charge < -0.3 is 10.4 Å². The molecule has 0 bridgehead atoms. The van der Waals surface area contributed by atoms with Crippen molar-refractivity contribution in [3.05, 3.63) is 24.3 Å². The monoisotopic (exact) mass is 207 g/mol. The van der Waals surface area contributed by atoms with Crippen molar-refractivity contribution in [3.8, 4) is 0 Å². The van der Waals surface area contributed by atoms with Gasteiger partial charge in [0.1, 0.15) is 6.33 Å². The molecule has 82 valence electrons. The minimum atomic E-state index is -0.0805. The van der Waals surface area contributed by atoms with E-state index in [2.05, 4.69) is 15.3 Å². The zero-order chi connectivity index (χ0) is 10.5. The number of aliphatic hydroxyl groups excluding tert-OH is 1. The van der Waals surface area contributed by atoms with Crippen molar-refractivity contribution in [2.75, 3.05) is 0 Å². The van der Waals surface area contributed by atoms with E-state index in [1.807, 2.05) is 12.4 Å². The fourth-order valence-electron chi connectivity index (χ4n) is 1.96. The standard InChI is InChI=1S/C11H17N3O/c15-11-3-1-10(2-4-11)14-7-9-5-12-8-13-6-9/h5-6,8,10-11,14-15H,1-4,7H2. The molecular weight excluding hydrogens is 190 g/mol. The molecule has 1 aliphatic rings. The average molecular weight is 207 g/mol. The Morgan fingerprint density at radius 3 is 2.53 bits per heavy atom. The first-order chi connectivity index (χ1) is 7.34. The van der Waals surface area contributed by atoms with Gasteiger partial charge in [-0.2, -0.15) is 0 Å². The Morgan fingerprint density at radius 2 is 1.87 bits per heavy atom. The normalized spacial score (nSPS) is 26.5. The van der Waals surface area contributed by atoms with Crippen LogP contribution in [0.2, 0.25) is 0 Å². The molecule has 1 fully saturated rings. The van der Waals surface area contributed by atoms with E-state index in [1.54, 1.807) is 6.33 Å². The molecule has 0 aromatic carbocycles. The van der Waals surface area contributed by atoms with Crippen LogP contribution in [0.25, 0.3) is 0 Å². The molecule has 0 saturated heterocycles. The van der Waals surface area contributed by atoms with Crippen molar-refractivity contribution < 1.29 is 5.11 Å². The lowest BCUT2D eigenvalue weighted by atomic mass is 9.93. The summed E-state index contributed by atoms with van der Waals surface area (Å²) in [6.45, 7) is 0.821. The summed E-state index contributed by atoms with van der Waals surface area (Å²) in [4.78, 5) is 7.94. The topological polar surface area (TPSA) is 58.0 Å². The molecule has 2 rings (SSSR count). The highest BCUT2D eigenvalue weighted by Gasteiger charge is 2.18. The maximum Gasteiger partial charge on any atom is 0.115 e. The Hall–Kier alpha value is -1.00. The lowest BCUT2D eigenvalue weighted by molar-refractivity contribution is 0.116. The van der Waals surface area contributed by atoms with E-state index in [0.717, 1.165) is 37.8 Å². The van der Waals surface area contributed by atoms with Crippen LogP contribution in [0.5, 0.6) is 0 Å². The predicted octanol–water partition coefficient (Wildman–Crippen LogP) is 0.870. The van der Waals surface area contributed by atoms with Crippen molar-refractivity contribution >= 4 is 0 Å². The highest BCUT2D eigenvalue weighted by molar-refractivity contribution is 5.01. The van der Waals surface area contributed by atoms with Gasteiger partial charge in [-0.05, 0) is 25.7 Å². The first-order valence-electron chi connectivity index (χ1n) is 5.50. The SMILES string of the molecule is OC1CCC(NCc2cncnc2)CC1. The van der Waals surface area contributed by atoms with E-state index in [9.17, 15) is 5.11 Å². The van der Waals surface area contributed by atoms with Gasteiger partial charge in [-0.1, -0.05) is 0 Å². The molecule has 1 aromatic rings. The van der Waals surface area contributed by atoms with Crippen molar-refractivity contribution in [2.45, 2.75) is 44.4 Å². The van der Waals surface area contributed by atoms with Gasteiger partial charge in [-0.15, -0.1) is 0 Å². The van der Waals surface area contributed by atoms with Crippen molar-refractivity contribution in [2.24, 2.45) is 0 Å². The van der Waals surface area contributed by atoms with Gasteiger partial charge in [0.25, 0.3) is 0 Å². The van der Waals surface area contributed by atoms with Gasteiger partial charge >= 0.3 is 0 Å². The summed E-state index contributed by atoms with van der Waals surface area (Å²) in [5.74, 6) is 0. The highest BCUT2D eigenvalue weighted by atomic mass is 16.3. The van der Waals surface area contributed by atoms with Crippen LogP contribution in [0, 0.1) is 0 Å². The summed E-state index contributed by atoms with van der Waals surface area (Å²) in [6, 6.07) is 0.536. The number of aliphatic hydroxyl groups is 1. The lowest BCUT2D eigenvalue weighted by Gasteiger charge is -2.26. The van der Waals surface area contributed by atoms with Gasteiger partial charge in [-0.3, -0.25) is 0 Å². The molecule has 0 amide bonds. The Bertz CT molecular complexity index is 283. The molecule has 0 unspecified atom stereocenters. The second-order valence-electron chi connectivity index (χ2n) is 4.13. The molecule has 2 N–H and O–H groups in total. The molecule has 0 aliphatic heterocycles. The Kier molecular flexibility index (Phi) is 3.64. The van der Waals surface area contributed by atoms with Crippen molar-refractivity contribution in [3.63, 3.8) is 0 Å². The average Bonchev–Trinajstić information content (AvgIpc) is 2.30. The smallest absolute Gasteiger partial charge is 0.115 e. The van der Waals surface area contributed by atoms with Gasteiger partial charge in [0.05, 0.1) is 6.10 Å². The largest absolute Gasteiger partial charge is 0.393 e. The second kappa shape index (κ2) is 5.19. The summed E-state index contributed by atoms with van der Waals surface area (Å²) >= 11 is 0. The maximum absolute atomic E-state index is 9.36. The molecule has 0 atom stereocenters. The van der Waals surface area contributed by atoms with Gasteiger partial charge in [0.15, 0.2) is 0 Å². The fraction of sp³-hybridized carbons (Fsp3) is 0.636. The minimum Gasteiger partial charge on any atom is -0.393 e. The quantitative estimate of drug-likeness (QED) is 0.772. The molecule has 0 radical (unpaired) electrons. The molecule has 1 heterocycles. The number of aromatic nitrogens is 2. The molecule has 0 spiro atoms. The van der Waals surface area contributed by atoms with E-state index < -0.39 is 0 Å². The fourth-order valence-corrected chi connectivity index (χ4v) is 1.96. The van der Waals surface area contributed by atoms with Crippen LogP contribution in [0.4, 0.5) is 0 Å². The lowest BCUT2D eigenvalue weighted by Crippen LogP contribution is -2.34. The molecule has 1 aromatic heterocycles. The number of rotatable bonds is 3. The zero-order valence-corrected chi connectivity index (χ0v) is 8.76. The third-order valence-electron chi connectivity index (χ3n) is 2.91. The molecule has 1 aliphatic carbocycles. The first kappa shape index (κ1) is 10.5. The molecule has 15 heavy (non-hydrogen) atoms. The van der Waals surface area contributed by atoms with E-state index >= 15 is 0 Å². The van der Waals surface area contributed by atoms with Crippen LogP contribution in [0.15, 0.2) is 18.7 Å². The van der Waals surface area contributed by atoms with Crippen LogP contribution in [-0.2, 0) is 6.54 Å². The second-order valence-corrected chi connectivity index (χ2v) is 4.13. The minimum absolute atomic E-state index is 0.0805. The van der Waals surface area contributed by atoms with E-state index in [4.69, 9.17) is 0 Å². The maximum atomic E-state index is 9.36. The van der Waals surface area contributed by atoms with E-state index in [1.165, 1.54) is 0 Å². The Labute approximate surface area is 89.8 Å². The number of hydrogen-bond donors (Lipinski definition) is 2. The summed E-state index contributed by atoms with van der Waals surface area (Å²) in [5, 5.41) is 12.8. The van der Waals surface area contributed by atoms with Crippen molar-refractivity contribution in [1.29, 1.82) is 0 Å². The Balaban J connectivity index is 1.74. The zero-order valence-electron chi connectivity index (χ0n) is 8.76. The number of nitrogens with one attached hydrogen (secondary N) is 1. The summed E-state index contributed by atoms with van der Waals surface area (Å²) in [7, 11) is 0. The van der Waals surface area contributed by atoms with E-state index in [0.29, 0.717) is 6.04 Å². The van der Waals surface area contributed by atoms with E-state index in [-0.39, 0.29) is 6.10 Å². The number of nitrogens with zero attached hydrogens (tertiary/aromatic N) is 2. The molecular formula is C11H17N3O. The van der Waals surface area contributed by atoms with Crippen LogP contribution in [0.3, 0.4) is 0 Å². The first-order valence-corrected chi connectivity index (χ1v) is 5.50. The molecule has 4 nitrogen and oxygen atoms in total. The van der Waals surface area contributed by atoms with Gasteiger partial charge in [0, 0.05) is 30.5 Å². The third kappa shape index (κ3) is 3.25. The summed E-state index contributed by atoms with van der Waals surface area (Å²) in [5.41, 5.74) is 1.11. The summed E-state index contributed by atoms with van der Waals surface area (Å²) in [6.07, 6.45) is 9.09. The predicted molar refractivity (Wildman–Crippen MR) is 57.1 cm³/mol. The van der Waals surface area contributed by atoms with Crippen LogP contribution >= 0.6 is 0 Å². The molecule has 4 heteroatoms. The number of hydrogen-bond acceptors (Lipinski definition) is 4. The van der Waals surface area contributed by atoms with Gasteiger partial charge in [-0.25, -0.2) is 9.97 Å². The highest BCUT2D eigenvalue weighted by Crippen LogP contribution is 2.18. The van der Waals surface area contributed by atoms with Crippen LogP contribution in [-0.4, -0.2) is 27.2 Å². The molecule has 1 saturated carbocycles. The van der Waals surface area contributed by atoms with Crippen LogP contribution < -0.4 is 5.32 Å². The third-order valence-corrected chi connectivity index (χ3v) is 2.91.